The fourth-order valence-electron chi connectivity index (χ4n) is 3.54. The monoisotopic (exact) mass is 529 g/mol. The Morgan fingerprint density at radius 3 is 2.50 bits per heavy atom. The molecule has 10 nitrogen and oxygen atoms in total. The molecule has 3 heterocycles. The van der Waals surface area contributed by atoms with Gasteiger partial charge in [-0.25, -0.2) is 17.8 Å². The summed E-state index contributed by atoms with van der Waals surface area (Å²) in [5.41, 5.74) is -1.22. The number of nitrogens with zero attached hydrogens (tertiary/aromatic N) is 4. The van der Waals surface area contributed by atoms with Crippen LogP contribution in [0.2, 0.25) is 0 Å². The van der Waals surface area contributed by atoms with Crippen molar-refractivity contribution in [3.8, 4) is 22.8 Å². The Kier molecular flexibility index (Phi) is 6.53. The number of halogens is 4. The molecular weight excluding hydrogens is 510 g/mol. The summed E-state index contributed by atoms with van der Waals surface area (Å²) in [6, 6.07) is 3.27. The molecule has 0 aliphatic heterocycles. The number of hydrogen-bond donors (Lipinski definition) is 2. The SMILES string of the molecule is COc1cc2ncc(-c3cc(F)c(OC)c(NS(=O)(=O)c4cnn(CCO)c4)c3)n2cc1C(F)(F)F. The standard InChI is InChI=1S/C21H19F4N5O5S/c1-34-18-7-19-26-9-17(30(19)11-14(18)21(23,24)25)12-5-15(22)20(35-2)16(6-12)28-36(32,33)13-8-27-29(10-13)3-4-31/h5-11,28,31H,3-4H2,1-2H3. The van der Waals surface area contributed by atoms with Gasteiger partial charge in [0.25, 0.3) is 10.0 Å². The van der Waals surface area contributed by atoms with Gasteiger partial charge in [-0.15, -0.1) is 0 Å². The zero-order valence-corrected chi connectivity index (χ0v) is 19.6. The van der Waals surface area contributed by atoms with Gasteiger partial charge in [0.05, 0.1) is 51.1 Å². The molecule has 0 amide bonds. The number of aromatic nitrogens is 4. The van der Waals surface area contributed by atoms with E-state index >= 15 is 0 Å². The van der Waals surface area contributed by atoms with E-state index in [0.29, 0.717) is 0 Å². The van der Waals surface area contributed by atoms with Gasteiger partial charge in [-0.2, -0.15) is 18.3 Å². The van der Waals surface area contributed by atoms with Crippen LogP contribution in [0.3, 0.4) is 0 Å². The highest BCUT2D eigenvalue weighted by Gasteiger charge is 2.35. The molecule has 0 saturated carbocycles. The molecule has 0 fully saturated rings. The minimum absolute atomic E-state index is 0.0211. The van der Waals surface area contributed by atoms with Crippen LogP contribution in [0.25, 0.3) is 16.9 Å². The summed E-state index contributed by atoms with van der Waals surface area (Å²) in [4.78, 5) is 3.80. The van der Waals surface area contributed by atoms with Crippen molar-refractivity contribution in [1.82, 2.24) is 19.2 Å². The molecule has 0 aliphatic carbocycles. The summed E-state index contributed by atoms with van der Waals surface area (Å²) in [7, 11) is -2.05. The average Bonchev–Trinajstić information content (AvgIpc) is 3.45. The zero-order chi connectivity index (χ0) is 26.3. The highest BCUT2D eigenvalue weighted by Crippen LogP contribution is 2.39. The largest absolute Gasteiger partial charge is 0.496 e. The number of alkyl halides is 3. The number of nitrogens with one attached hydrogen (secondary N) is 1. The number of benzene rings is 1. The first kappa shape index (κ1) is 25.2. The molecular formula is C21H19F4N5O5S. The topological polar surface area (TPSA) is 120 Å². The van der Waals surface area contributed by atoms with Gasteiger partial charge in [0.15, 0.2) is 11.6 Å². The van der Waals surface area contributed by atoms with Crippen LogP contribution in [0.4, 0.5) is 23.2 Å². The van der Waals surface area contributed by atoms with Crippen molar-refractivity contribution in [2.45, 2.75) is 17.6 Å². The van der Waals surface area contributed by atoms with Crippen LogP contribution in [0, 0.1) is 5.82 Å². The Bertz CT molecular complexity index is 1530. The molecule has 4 rings (SSSR count). The second-order valence-corrected chi connectivity index (χ2v) is 9.11. The molecule has 2 N–H and O–H groups in total. The van der Waals surface area contributed by atoms with Crippen LogP contribution in [0.15, 0.2) is 47.9 Å². The van der Waals surface area contributed by atoms with E-state index in [-0.39, 0.29) is 40.6 Å². The van der Waals surface area contributed by atoms with E-state index in [1.165, 1.54) is 23.1 Å². The number of imidazole rings is 1. The second kappa shape index (κ2) is 9.31. The summed E-state index contributed by atoms with van der Waals surface area (Å²) in [5, 5.41) is 12.8. The van der Waals surface area contributed by atoms with Gasteiger partial charge in [0.2, 0.25) is 0 Å². The first-order valence-electron chi connectivity index (χ1n) is 10.1. The summed E-state index contributed by atoms with van der Waals surface area (Å²) in [6.45, 7) is -0.209. The lowest BCUT2D eigenvalue weighted by Crippen LogP contribution is -2.14. The van der Waals surface area contributed by atoms with Crippen LogP contribution < -0.4 is 14.2 Å². The van der Waals surface area contributed by atoms with Crippen LogP contribution in [-0.2, 0) is 22.7 Å². The Morgan fingerprint density at radius 2 is 1.86 bits per heavy atom. The van der Waals surface area contributed by atoms with Crippen molar-refractivity contribution in [2.75, 3.05) is 25.5 Å². The average molecular weight is 529 g/mol. The van der Waals surface area contributed by atoms with E-state index in [4.69, 9.17) is 14.6 Å². The molecule has 192 valence electrons. The maximum absolute atomic E-state index is 14.9. The number of aliphatic hydroxyl groups is 1. The highest BCUT2D eigenvalue weighted by atomic mass is 32.2. The zero-order valence-electron chi connectivity index (χ0n) is 18.7. The predicted molar refractivity (Wildman–Crippen MR) is 119 cm³/mol. The van der Waals surface area contributed by atoms with Gasteiger partial charge >= 0.3 is 6.18 Å². The number of methoxy groups -OCH3 is 2. The number of aliphatic hydroxyl groups excluding tert-OH is 1. The van der Waals surface area contributed by atoms with Crippen molar-refractivity contribution in [3.05, 3.63) is 54.4 Å². The molecule has 0 radical (unpaired) electrons. The minimum atomic E-state index is -4.74. The van der Waals surface area contributed by atoms with Gasteiger partial charge in [0.1, 0.15) is 21.9 Å². The van der Waals surface area contributed by atoms with Crippen molar-refractivity contribution < 1.29 is 40.6 Å². The summed E-state index contributed by atoms with van der Waals surface area (Å²) >= 11 is 0. The number of hydrogen-bond acceptors (Lipinski definition) is 7. The molecule has 0 atom stereocenters. The molecule has 0 unspecified atom stereocenters. The van der Waals surface area contributed by atoms with Crippen molar-refractivity contribution >= 4 is 21.4 Å². The fourth-order valence-corrected chi connectivity index (χ4v) is 4.54. The maximum Gasteiger partial charge on any atom is 0.421 e. The second-order valence-electron chi connectivity index (χ2n) is 7.43. The number of ether oxygens (including phenoxy) is 2. The van der Waals surface area contributed by atoms with E-state index in [1.807, 2.05) is 0 Å². The normalized spacial score (nSPS) is 12.2. The van der Waals surface area contributed by atoms with E-state index in [0.717, 1.165) is 43.1 Å². The van der Waals surface area contributed by atoms with Crippen LogP contribution in [-0.4, -0.2) is 53.5 Å². The van der Waals surface area contributed by atoms with Crippen LogP contribution in [0.1, 0.15) is 5.56 Å². The number of fused-ring (bicyclic) bond motifs is 1. The molecule has 36 heavy (non-hydrogen) atoms. The summed E-state index contributed by atoms with van der Waals surface area (Å²) < 4.78 is 95.7. The molecule has 3 aromatic heterocycles. The Balaban J connectivity index is 1.82. The van der Waals surface area contributed by atoms with Crippen LogP contribution in [0.5, 0.6) is 11.5 Å². The third kappa shape index (κ3) is 4.66. The smallest absolute Gasteiger partial charge is 0.421 e. The van der Waals surface area contributed by atoms with E-state index in [9.17, 15) is 26.0 Å². The first-order valence-corrected chi connectivity index (χ1v) is 11.6. The Hall–Kier alpha value is -3.85. The Morgan fingerprint density at radius 1 is 1.11 bits per heavy atom. The van der Waals surface area contributed by atoms with Gasteiger partial charge < -0.3 is 14.6 Å². The first-order chi connectivity index (χ1) is 17.0. The lowest BCUT2D eigenvalue weighted by atomic mass is 10.1. The molecule has 1 aromatic carbocycles. The van der Waals surface area contributed by atoms with Crippen molar-refractivity contribution in [2.24, 2.45) is 0 Å². The van der Waals surface area contributed by atoms with E-state index in [2.05, 4.69) is 14.8 Å². The molecule has 0 aliphatic rings. The molecule has 0 spiro atoms. The quantitative estimate of drug-likeness (QED) is 0.337. The third-order valence-corrected chi connectivity index (χ3v) is 6.49. The number of anilines is 1. The molecule has 0 saturated heterocycles. The number of sulfonamides is 1. The third-order valence-electron chi connectivity index (χ3n) is 5.17. The Labute approximate surface area is 201 Å². The fraction of sp³-hybridized carbons (Fsp3) is 0.238. The number of pyridine rings is 1. The van der Waals surface area contributed by atoms with E-state index < -0.39 is 39.1 Å². The van der Waals surface area contributed by atoms with Gasteiger partial charge in [-0.1, -0.05) is 0 Å². The lowest BCUT2D eigenvalue weighted by molar-refractivity contribution is -0.139. The lowest BCUT2D eigenvalue weighted by Gasteiger charge is -2.15. The maximum atomic E-state index is 14.9. The molecule has 4 aromatic rings. The summed E-state index contributed by atoms with van der Waals surface area (Å²) in [6.07, 6.45) is -0.554. The number of rotatable bonds is 8. The summed E-state index contributed by atoms with van der Waals surface area (Å²) in [5.74, 6) is -1.84. The van der Waals surface area contributed by atoms with Crippen molar-refractivity contribution in [3.63, 3.8) is 0 Å². The molecule has 15 heteroatoms. The van der Waals surface area contributed by atoms with Gasteiger partial charge in [-0.3, -0.25) is 13.8 Å². The highest BCUT2D eigenvalue weighted by molar-refractivity contribution is 7.92. The van der Waals surface area contributed by atoms with E-state index in [1.54, 1.807) is 0 Å². The van der Waals surface area contributed by atoms with Gasteiger partial charge in [-0.05, 0) is 12.1 Å². The molecule has 0 bridgehead atoms. The predicted octanol–water partition coefficient (Wildman–Crippen LogP) is 3.17. The van der Waals surface area contributed by atoms with Crippen LogP contribution >= 0.6 is 0 Å². The van der Waals surface area contributed by atoms with Crippen molar-refractivity contribution in [1.29, 1.82) is 0 Å². The van der Waals surface area contributed by atoms with Gasteiger partial charge in [0, 0.05) is 24.0 Å². The minimum Gasteiger partial charge on any atom is -0.496 e.